The van der Waals surface area contributed by atoms with Crippen molar-refractivity contribution in [2.45, 2.75) is 6.54 Å². The molecule has 0 saturated carbocycles. The highest BCUT2D eigenvalue weighted by Crippen LogP contribution is 2.28. The van der Waals surface area contributed by atoms with Crippen LogP contribution in [0, 0.1) is 0 Å². The quantitative estimate of drug-likeness (QED) is 0.703. The van der Waals surface area contributed by atoms with Crippen molar-refractivity contribution in [2.75, 3.05) is 38.1 Å². The Balaban J connectivity index is 1.47. The first-order valence-corrected chi connectivity index (χ1v) is 9.60. The van der Waals surface area contributed by atoms with Crippen LogP contribution >= 0.6 is 0 Å². The minimum atomic E-state index is 0.700. The van der Waals surface area contributed by atoms with Crippen LogP contribution in [-0.2, 0) is 13.6 Å². The molecule has 142 valence electrons. The molecular formula is C21H23N7. The lowest BCUT2D eigenvalue weighted by Gasteiger charge is -2.33. The lowest BCUT2D eigenvalue weighted by Crippen LogP contribution is -2.44. The molecule has 0 radical (unpaired) electrons. The van der Waals surface area contributed by atoms with E-state index in [0.717, 1.165) is 60.1 Å². The van der Waals surface area contributed by atoms with Crippen LogP contribution in [0.15, 0.2) is 48.0 Å². The number of rotatable bonds is 3. The third-order valence-electron chi connectivity index (χ3n) is 5.53. The second kappa shape index (κ2) is 6.83. The molecule has 1 saturated heterocycles. The Labute approximate surface area is 164 Å². The SMILES string of the molecule is CN1CCN(c2cc(C3=NCc4ccc(-c5cnn(C)c5)cc43)ncn2)CC1. The molecule has 5 rings (SSSR count). The molecule has 7 nitrogen and oxygen atoms in total. The Kier molecular flexibility index (Phi) is 4.16. The van der Waals surface area contributed by atoms with Crippen LogP contribution in [0.2, 0.25) is 0 Å². The molecule has 2 aliphatic rings. The average molecular weight is 373 g/mol. The Morgan fingerprint density at radius 2 is 1.79 bits per heavy atom. The van der Waals surface area contributed by atoms with Crippen LogP contribution in [0.3, 0.4) is 0 Å². The van der Waals surface area contributed by atoms with E-state index in [9.17, 15) is 0 Å². The number of fused-ring (bicyclic) bond motifs is 1. The molecule has 3 aromatic rings. The van der Waals surface area contributed by atoms with Gasteiger partial charge in [-0.2, -0.15) is 5.10 Å². The summed E-state index contributed by atoms with van der Waals surface area (Å²) in [6.45, 7) is 4.78. The summed E-state index contributed by atoms with van der Waals surface area (Å²) in [4.78, 5) is 18.5. The second-order valence-corrected chi connectivity index (χ2v) is 7.49. The highest BCUT2D eigenvalue weighted by Gasteiger charge is 2.22. The van der Waals surface area contributed by atoms with Gasteiger partial charge < -0.3 is 9.80 Å². The van der Waals surface area contributed by atoms with E-state index in [2.05, 4.69) is 56.2 Å². The number of hydrogen-bond donors (Lipinski definition) is 0. The minimum Gasteiger partial charge on any atom is -0.354 e. The Hall–Kier alpha value is -3.06. The molecule has 0 atom stereocenters. The molecule has 7 heteroatoms. The lowest BCUT2D eigenvalue weighted by molar-refractivity contribution is 0.312. The first kappa shape index (κ1) is 17.1. The predicted octanol–water partition coefficient (Wildman–Crippen LogP) is 1.98. The van der Waals surface area contributed by atoms with Gasteiger partial charge in [-0.3, -0.25) is 9.67 Å². The van der Waals surface area contributed by atoms with Gasteiger partial charge in [-0.15, -0.1) is 0 Å². The molecule has 2 aromatic heterocycles. The summed E-state index contributed by atoms with van der Waals surface area (Å²) < 4.78 is 1.82. The Morgan fingerprint density at radius 3 is 2.57 bits per heavy atom. The van der Waals surface area contributed by atoms with Crippen LogP contribution in [0.25, 0.3) is 11.1 Å². The Bertz CT molecular complexity index is 1040. The van der Waals surface area contributed by atoms with Crippen molar-refractivity contribution in [3.63, 3.8) is 0 Å². The largest absolute Gasteiger partial charge is 0.354 e. The summed E-state index contributed by atoms with van der Waals surface area (Å²) in [5.74, 6) is 0.984. The van der Waals surface area contributed by atoms with E-state index >= 15 is 0 Å². The van der Waals surface area contributed by atoms with E-state index in [-0.39, 0.29) is 0 Å². The number of likely N-dealkylation sites (N-methyl/N-ethyl adjacent to an activating group) is 1. The fourth-order valence-corrected chi connectivity index (χ4v) is 3.84. The van der Waals surface area contributed by atoms with Gasteiger partial charge in [0.15, 0.2) is 0 Å². The summed E-state index contributed by atoms with van der Waals surface area (Å²) in [5.41, 5.74) is 6.50. The van der Waals surface area contributed by atoms with Gasteiger partial charge >= 0.3 is 0 Å². The zero-order chi connectivity index (χ0) is 19.1. The average Bonchev–Trinajstić information content (AvgIpc) is 3.34. The van der Waals surface area contributed by atoms with E-state index < -0.39 is 0 Å². The fraction of sp³-hybridized carbons (Fsp3) is 0.333. The second-order valence-electron chi connectivity index (χ2n) is 7.49. The van der Waals surface area contributed by atoms with Crippen LogP contribution < -0.4 is 4.90 Å². The van der Waals surface area contributed by atoms with Crippen molar-refractivity contribution in [1.82, 2.24) is 24.6 Å². The molecular weight excluding hydrogens is 350 g/mol. The number of anilines is 1. The van der Waals surface area contributed by atoms with Gasteiger partial charge in [0.05, 0.1) is 24.1 Å². The molecule has 1 fully saturated rings. The van der Waals surface area contributed by atoms with E-state index in [4.69, 9.17) is 4.99 Å². The zero-order valence-electron chi connectivity index (χ0n) is 16.2. The van der Waals surface area contributed by atoms with E-state index in [1.165, 1.54) is 5.56 Å². The fourth-order valence-electron chi connectivity index (χ4n) is 3.84. The maximum Gasteiger partial charge on any atom is 0.132 e. The lowest BCUT2D eigenvalue weighted by atomic mass is 9.98. The van der Waals surface area contributed by atoms with Crippen molar-refractivity contribution in [3.8, 4) is 11.1 Å². The van der Waals surface area contributed by atoms with E-state index in [1.54, 1.807) is 6.33 Å². The smallest absolute Gasteiger partial charge is 0.132 e. The highest BCUT2D eigenvalue weighted by atomic mass is 15.3. The van der Waals surface area contributed by atoms with Gasteiger partial charge in [0.2, 0.25) is 0 Å². The van der Waals surface area contributed by atoms with Crippen LogP contribution in [0.5, 0.6) is 0 Å². The number of nitrogens with zero attached hydrogens (tertiary/aromatic N) is 7. The van der Waals surface area contributed by atoms with Crippen molar-refractivity contribution in [2.24, 2.45) is 12.0 Å². The Morgan fingerprint density at radius 1 is 0.929 bits per heavy atom. The summed E-state index contributed by atoms with van der Waals surface area (Å²) in [7, 11) is 4.09. The standard InChI is InChI=1S/C21H23N7/c1-26-5-7-28(8-6-26)20-10-19(23-14-24-20)21-18-9-15(3-4-16(18)11-22-21)17-12-25-27(2)13-17/h3-4,9-10,12-14H,5-8,11H2,1-2H3. The number of aryl methyl sites for hydroxylation is 1. The monoisotopic (exact) mass is 373 g/mol. The van der Waals surface area contributed by atoms with Crippen LogP contribution in [0.1, 0.15) is 16.8 Å². The van der Waals surface area contributed by atoms with Crippen molar-refractivity contribution >= 4 is 11.5 Å². The number of hydrogen-bond acceptors (Lipinski definition) is 6. The van der Waals surface area contributed by atoms with Crippen LogP contribution in [0.4, 0.5) is 5.82 Å². The molecule has 28 heavy (non-hydrogen) atoms. The molecule has 0 N–H and O–H groups in total. The summed E-state index contributed by atoms with van der Waals surface area (Å²) in [5, 5.41) is 4.29. The van der Waals surface area contributed by atoms with Gasteiger partial charge in [0, 0.05) is 56.6 Å². The van der Waals surface area contributed by atoms with Crippen molar-refractivity contribution in [1.29, 1.82) is 0 Å². The van der Waals surface area contributed by atoms with E-state index in [0.29, 0.717) is 6.54 Å². The number of piperazine rings is 1. The van der Waals surface area contributed by atoms with E-state index in [1.807, 2.05) is 24.1 Å². The van der Waals surface area contributed by atoms with Crippen molar-refractivity contribution in [3.05, 3.63) is 59.8 Å². The first-order chi connectivity index (χ1) is 13.7. The summed E-state index contributed by atoms with van der Waals surface area (Å²) in [6, 6.07) is 8.59. The molecule has 0 spiro atoms. The van der Waals surface area contributed by atoms with Gasteiger partial charge in [-0.25, -0.2) is 9.97 Å². The molecule has 4 heterocycles. The zero-order valence-corrected chi connectivity index (χ0v) is 16.2. The summed E-state index contributed by atoms with van der Waals surface area (Å²) in [6.07, 6.45) is 5.59. The van der Waals surface area contributed by atoms with Crippen molar-refractivity contribution < 1.29 is 0 Å². The molecule has 0 unspecified atom stereocenters. The number of aromatic nitrogens is 4. The maximum atomic E-state index is 4.79. The van der Waals surface area contributed by atoms with Gasteiger partial charge in [0.25, 0.3) is 0 Å². The molecule has 1 aromatic carbocycles. The van der Waals surface area contributed by atoms with Gasteiger partial charge in [-0.1, -0.05) is 12.1 Å². The predicted molar refractivity (Wildman–Crippen MR) is 110 cm³/mol. The topological polar surface area (TPSA) is 62.4 Å². The molecule has 2 aliphatic heterocycles. The first-order valence-electron chi connectivity index (χ1n) is 9.60. The number of benzene rings is 1. The van der Waals surface area contributed by atoms with Gasteiger partial charge in [0.1, 0.15) is 12.1 Å². The third kappa shape index (κ3) is 3.07. The highest BCUT2D eigenvalue weighted by molar-refractivity contribution is 6.14. The molecule has 0 amide bonds. The van der Waals surface area contributed by atoms with Crippen LogP contribution in [-0.4, -0.2) is 63.6 Å². The maximum absolute atomic E-state index is 4.79. The normalized spacial score (nSPS) is 16.9. The third-order valence-corrected chi connectivity index (χ3v) is 5.53. The minimum absolute atomic E-state index is 0.700. The summed E-state index contributed by atoms with van der Waals surface area (Å²) >= 11 is 0. The molecule has 0 bridgehead atoms. The molecule has 0 aliphatic carbocycles. The number of aliphatic imine (C=N–C) groups is 1. The van der Waals surface area contributed by atoms with Gasteiger partial charge in [-0.05, 0) is 24.2 Å².